The number of nitrogens with one attached hydrogen (secondary N) is 2. The van der Waals surface area contributed by atoms with E-state index in [1.54, 1.807) is 30.3 Å². The third-order valence-electron chi connectivity index (χ3n) is 3.57. The summed E-state index contributed by atoms with van der Waals surface area (Å²) in [6.45, 7) is 0. The summed E-state index contributed by atoms with van der Waals surface area (Å²) in [6, 6.07) is 24.4. The fourth-order valence-electron chi connectivity index (χ4n) is 2.37. The van der Waals surface area contributed by atoms with Crippen LogP contribution in [0.4, 0.5) is 5.69 Å². The highest BCUT2D eigenvalue weighted by molar-refractivity contribution is 7.80. The standard InChI is InChI=1S/C20H15ClN2OS/c21-18-13-16(11-12-17(18)14-7-3-1-4-8-14)22-20(25)23-19(24)15-9-5-2-6-10-15/h1-13H,(H2,22,23,24,25). The Morgan fingerprint density at radius 2 is 1.52 bits per heavy atom. The Labute approximate surface area is 156 Å². The average molecular weight is 367 g/mol. The largest absolute Gasteiger partial charge is 0.332 e. The summed E-state index contributed by atoms with van der Waals surface area (Å²) in [5, 5.41) is 6.45. The van der Waals surface area contributed by atoms with Crippen LogP contribution in [-0.2, 0) is 0 Å². The van der Waals surface area contributed by atoms with E-state index in [1.807, 2.05) is 48.5 Å². The quantitative estimate of drug-likeness (QED) is 0.631. The van der Waals surface area contributed by atoms with E-state index < -0.39 is 0 Å². The van der Waals surface area contributed by atoms with Crippen LogP contribution in [0, 0.1) is 0 Å². The third-order valence-corrected chi connectivity index (χ3v) is 4.09. The zero-order valence-electron chi connectivity index (χ0n) is 13.2. The molecule has 3 rings (SSSR count). The van der Waals surface area contributed by atoms with Gasteiger partial charge in [0.15, 0.2) is 5.11 Å². The monoisotopic (exact) mass is 366 g/mol. The summed E-state index contributed by atoms with van der Waals surface area (Å²) in [5.41, 5.74) is 3.23. The number of thiocarbonyl (C=S) groups is 1. The second-order valence-corrected chi connectivity index (χ2v) is 6.15. The smallest absolute Gasteiger partial charge is 0.257 e. The first-order valence-corrected chi connectivity index (χ1v) is 8.44. The molecule has 1 amide bonds. The van der Waals surface area contributed by atoms with Crippen molar-refractivity contribution in [3.8, 4) is 11.1 Å². The Hall–Kier alpha value is -2.69. The molecule has 0 heterocycles. The summed E-state index contributed by atoms with van der Waals surface area (Å²) in [4.78, 5) is 12.1. The van der Waals surface area contributed by atoms with Gasteiger partial charge in [0.2, 0.25) is 0 Å². The molecule has 5 heteroatoms. The third kappa shape index (κ3) is 4.44. The molecule has 0 aliphatic rings. The molecule has 3 nitrogen and oxygen atoms in total. The van der Waals surface area contributed by atoms with Gasteiger partial charge in [0.05, 0.1) is 5.02 Å². The van der Waals surface area contributed by atoms with Gasteiger partial charge in [-0.3, -0.25) is 10.1 Å². The fraction of sp³-hybridized carbons (Fsp3) is 0. The number of hydrogen-bond donors (Lipinski definition) is 2. The van der Waals surface area contributed by atoms with Gasteiger partial charge in [-0.2, -0.15) is 0 Å². The van der Waals surface area contributed by atoms with Gasteiger partial charge in [0.25, 0.3) is 5.91 Å². The Morgan fingerprint density at radius 3 is 2.16 bits per heavy atom. The second kappa shape index (κ2) is 7.92. The SMILES string of the molecule is O=C(NC(=S)Nc1ccc(-c2ccccc2)c(Cl)c1)c1ccccc1. The van der Waals surface area contributed by atoms with Gasteiger partial charge < -0.3 is 5.32 Å². The predicted molar refractivity (Wildman–Crippen MR) is 107 cm³/mol. The lowest BCUT2D eigenvalue weighted by molar-refractivity contribution is 0.0977. The predicted octanol–water partition coefficient (Wildman–Crippen LogP) is 5.13. The minimum absolute atomic E-state index is 0.220. The molecule has 124 valence electrons. The lowest BCUT2D eigenvalue weighted by Crippen LogP contribution is -2.34. The van der Waals surface area contributed by atoms with E-state index in [4.69, 9.17) is 23.8 Å². The van der Waals surface area contributed by atoms with Crippen molar-refractivity contribution in [2.75, 3.05) is 5.32 Å². The molecule has 2 N–H and O–H groups in total. The maximum Gasteiger partial charge on any atom is 0.257 e. The first-order chi connectivity index (χ1) is 12.1. The summed E-state index contributed by atoms with van der Waals surface area (Å²) < 4.78 is 0. The van der Waals surface area contributed by atoms with E-state index >= 15 is 0 Å². The second-order valence-electron chi connectivity index (χ2n) is 5.33. The molecule has 0 spiro atoms. The van der Waals surface area contributed by atoms with Gasteiger partial charge in [-0.1, -0.05) is 66.2 Å². The Balaban J connectivity index is 1.68. The Kier molecular flexibility index (Phi) is 5.43. The molecule has 0 radical (unpaired) electrons. The zero-order valence-corrected chi connectivity index (χ0v) is 14.8. The van der Waals surface area contributed by atoms with Gasteiger partial charge >= 0.3 is 0 Å². The van der Waals surface area contributed by atoms with Gasteiger partial charge in [-0.05, 0) is 42.0 Å². The number of amides is 1. The van der Waals surface area contributed by atoms with Crippen molar-refractivity contribution in [1.82, 2.24) is 5.32 Å². The van der Waals surface area contributed by atoms with Crippen LogP contribution >= 0.6 is 23.8 Å². The number of halogens is 1. The first-order valence-electron chi connectivity index (χ1n) is 7.66. The summed E-state index contributed by atoms with van der Waals surface area (Å²) in [6.07, 6.45) is 0. The molecule has 25 heavy (non-hydrogen) atoms. The molecule has 0 aliphatic heterocycles. The fourth-order valence-corrected chi connectivity index (χ4v) is 2.87. The van der Waals surface area contributed by atoms with E-state index in [9.17, 15) is 4.79 Å². The normalized spacial score (nSPS) is 10.1. The molecule has 0 saturated heterocycles. The van der Waals surface area contributed by atoms with Crippen LogP contribution in [0.15, 0.2) is 78.9 Å². The molecule has 3 aromatic carbocycles. The van der Waals surface area contributed by atoms with E-state index in [0.717, 1.165) is 11.1 Å². The molecule has 0 saturated carbocycles. The minimum atomic E-state index is -0.259. The van der Waals surface area contributed by atoms with Crippen molar-refractivity contribution in [1.29, 1.82) is 0 Å². The molecule has 0 fully saturated rings. The molecule has 3 aromatic rings. The highest BCUT2D eigenvalue weighted by Gasteiger charge is 2.09. The van der Waals surface area contributed by atoms with Crippen LogP contribution in [0.5, 0.6) is 0 Å². The van der Waals surface area contributed by atoms with Gasteiger partial charge in [-0.15, -0.1) is 0 Å². The van der Waals surface area contributed by atoms with Crippen molar-refractivity contribution >= 4 is 40.5 Å². The number of carbonyl (C=O) groups excluding carboxylic acids is 1. The Bertz CT molecular complexity index is 898. The zero-order chi connectivity index (χ0) is 17.6. The van der Waals surface area contributed by atoms with Gasteiger partial charge in [-0.25, -0.2) is 0 Å². The molecule has 0 atom stereocenters. The number of anilines is 1. The van der Waals surface area contributed by atoms with Crippen LogP contribution in [0.3, 0.4) is 0 Å². The van der Waals surface area contributed by atoms with Crippen LogP contribution in [0.1, 0.15) is 10.4 Å². The molecule has 0 aliphatic carbocycles. The highest BCUT2D eigenvalue weighted by atomic mass is 35.5. The first kappa shape index (κ1) is 17.1. The van der Waals surface area contributed by atoms with Crippen LogP contribution in [0.25, 0.3) is 11.1 Å². The summed E-state index contributed by atoms with van der Waals surface area (Å²) >= 11 is 11.6. The average Bonchev–Trinajstić information content (AvgIpc) is 2.63. The van der Waals surface area contributed by atoms with Crippen LogP contribution in [0.2, 0.25) is 5.02 Å². The van der Waals surface area contributed by atoms with E-state index in [2.05, 4.69) is 10.6 Å². The number of hydrogen-bond acceptors (Lipinski definition) is 2. The summed E-state index contributed by atoms with van der Waals surface area (Å²) in [7, 11) is 0. The maximum absolute atomic E-state index is 12.1. The van der Waals surface area contributed by atoms with E-state index in [0.29, 0.717) is 16.3 Å². The molecular formula is C20H15ClN2OS. The minimum Gasteiger partial charge on any atom is -0.332 e. The van der Waals surface area contributed by atoms with Crippen molar-refractivity contribution in [2.45, 2.75) is 0 Å². The number of rotatable bonds is 3. The number of carbonyl (C=O) groups is 1. The molecule has 0 bridgehead atoms. The molecular weight excluding hydrogens is 352 g/mol. The number of benzene rings is 3. The van der Waals surface area contributed by atoms with Crippen molar-refractivity contribution in [2.24, 2.45) is 0 Å². The van der Waals surface area contributed by atoms with Crippen LogP contribution < -0.4 is 10.6 Å². The van der Waals surface area contributed by atoms with Gasteiger partial charge in [0.1, 0.15) is 0 Å². The van der Waals surface area contributed by atoms with E-state index in [1.165, 1.54) is 0 Å². The molecule has 0 unspecified atom stereocenters. The van der Waals surface area contributed by atoms with Crippen molar-refractivity contribution < 1.29 is 4.79 Å². The highest BCUT2D eigenvalue weighted by Crippen LogP contribution is 2.30. The Morgan fingerprint density at radius 1 is 0.880 bits per heavy atom. The lowest BCUT2D eigenvalue weighted by atomic mass is 10.1. The summed E-state index contributed by atoms with van der Waals surface area (Å²) in [5.74, 6) is -0.259. The lowest BCUT2D eigenvalue weighted by Gasteiger charge is -2.11. The maximum atomic E-state index is 12.1. The van der Waals surface area contributed by atoms with Crippen molar-refractivity contribution in [3.05, 3.63) is 89.4 Å². The molecule has 0 aromatic heterocycles. The van der Waals surface area contributed by atoms with E-state index in [-0.39, 0.29) is 11.0 Å². The van der Waals surface area contributed by atoms with Crippen molar-refractivity contribution in [3.63, 3.8) is 0 Å². The van der Waals surface area contributed by atoms with Gasteiger partial charge in [0, 0.05) is 16.8 Å². The topological polar surface area (TPSA) is 41.1 Å². The van der Waals surface area contributed by atoms with Crippen LogP contribution in [-0.4, -0.2) is 11.0 Å².